The van der Waals surface area contributed by atoms with Crippen molar-refractivity contribution in [2.24, 2.45) is 17.8 Å². The van der Waals surface area contributed by atoms with Gasteiger partial charge in [-0.05, 0) is 69.1 Å². The lowest BCUT2D eigenvalue weighted by Crippen LogP contribution is -2.49. The van der Waals surface area contributed by atoms with Gasteiger partial charge < -0.3 is 4.57 Å². The number of hydrogen-bond acceptors (Lipinski definition) is 3. The molecule has 4 heteroatoms. The molecule has 4 fully saturated rings. The lowest BCUT2D eigenvalue weighted by atomic mass is 9.49. The van der Waals surface area contributed by atoms with Gasteiger partial charge in [0.05, 0.1) is 0 Å². The molecule has 1 aliphatic heterocycles. The molecule has 3 nitrogen and oxygen atoms in total. The third kappa shape index (κ3) is 1.66. The van der Waals surface area contributed by atoms with E-state index in [0.29, 0.717) is 5.41 Å². The number of thioether (sulfide) groups is 1. The molecule has 4 aliphatic carbocycles. The summed E-state index contributed by atoms with van der Waals surface area (Å²) in [6.07, 6.45) is 11.4. The highest BCUT2D eigenvalue weighted by Crippen LogP contribution is 2.60. The number of nitrogens with zero attached hydrogens (tertiary/aromatic N) is 3. The topological polar surface area (TPSA) is 30.7 Å². The van der Waals surface area contributed by atoms with Crippen LogP contribution in [-0.2, 0) is 12.0 Å². The smallest absolute Gasteiger partial charge is 0.191 e. The van der Waals surface area contributed by atoms with Crippen LogP contribution < -0.4 is 0 Å². The Morgan fingerprint density at radius 1 is 0.950 bits per heavy atom. The summed E-state index contributed by atoms with van der Waals surface area (Å²) in [6, 6.07) is 0. The maximum atomic E-state index is 4.72. The predicted molar refractivity (Wildman–Crippen MR) is 79.8 cm³/mol. The van der Waals surface area contributed by atoms with Crippen molar-refractivity contribution in [2.45, 2.75) is 68.5 Å². The van der Waals surface area contributed by atoms with Crippen molar-refractivity contribution >= 4 is 11.8 Å². The first-order valence-corrected chi connectivity index (χ1v) is 9.37. The summed E-state index contributed by atoms with van der Waals surface area (Å²) in [7, 11) is 0. The Kier molecular flexibility index (Phi) is 2.56. The average molecular weight is 289 g/mol. The molecule has 4 saturated carbocycles. The Morgan fingerprint density at radius 3 is 2.35 bits per heavy atom. The minimum atomic E-state index is 0.408. The third-order valence-corrected chi connectivity index (χ3v) is 7.29. The van der Waals surface area contributed by atoms with E-state index >= 15 is 0 Å². The Morgan fingerprint density at radius 2 is 1.65 bits per heavy atom. The monoisotopic (exact) mass is 289 g/mol. The second-order valence-corrected chi connectivity index (χ2v) is 8.77. The van der Waals surface area contributed by atoms with Crippen LogP contribution in [0.25, 0.3) is 0 Å². The van der Waals surface area contributed by atoms with E-state index in [1.165, 1.54) is 68.1 Å². The summed E-state index contributed by atoms with van der Waals surface area (Å²) in [5.74, 6) is 5.58. The fraction of sp³-hybridized carbons (Fsp3) is 0.875. The minimum absolute atomic E-state index is 0.408. The van der Waals surface area contributed by atoms with Gasteiger partial charge in [0.2, 0.25) is 0 Å². The standard InChI is InChI=1S/C16H23N3S/c1-2-4-20-15-18-17-14(19(15)3-1)16-8-11-5-12(9-16)7-13(6-11)10-16/h11-13H,1-10H2. The summed E-state index contributed by atoms with van der Waals surface area (Å²) in [4.78, 5) is 0. The molecular weight excluding hydrogens is 266 g/mol. The van der Waals surface area contributed by atoms with E-state index in [-0.39, 0.29) is 0 Å². The molecule has 1 aromatic rings. The zero-order valence-electron chi connectivity index (χ0n) is 12.1. The highest BCUT2D eigenvalue weighted by atomic mass is 32.2. The van der Waals surface area contributed by atoms with E-state index in [2.05, 4.69) is 9.67 Å². The van der Waals surface area contributed by atoms with E-state index in [9.17, 15) is 0 Å². The molecule has 5 aliphatic rings. The molecular formula is C16H23N3S. The third-order valence-electron chi connectivity index (χ3n) is 6.24. The van der Waals surface area contributed by atoms with Crippen LogP contribution in [0.5, 0.6) is 0 Å². The van der Waals surface area contributed by atoms with Crippen molar-refractivity contribution in [3.63, 3.8) is 0 Å². The lowest BCUT2D eigenvalue weighted by Gasteiger charge is -2.56. The van der Waals surface area contributed by atoms with Gasteiger partial charge in [-0.25, -0.2) is 0 Å². The second-order valence-electron chi connectivity index (χ2n) is 7.71. The number of rotatable bonds is 1. The Hall–Kier alpha value is -0.510. The minimum Gasteiger partial charge on any atom is -0.306 e. The van der Waals surface area contributed by atoms with Crippen molar-refractivity contribution < 1.29 is 0 Å². The van der Waals surface area contributed by atoms with Crippen molar-refractivity contribution in [2.75, 3.05) is 5.75 Å². The maximum absolute atomic E-state index is 4.72. The summed E-state index contributed by atoms with van der Waals surface area (Å²) in [6.45, 7) is 1.16. The van der Waals surface area contributed by atoms with Gasteiger partial charge >= 0.3 is 0 Å². The van der Waals surface area contributed by atoms with Gasteiger partial charge in [-0.15, -0.1) is 10.2 Å². The fourth-order valence-electron chi connectivity index (χ4n) is 5.91. The average Bonchev–Trinajstić information content (AvgIpc) is 2.68. The van der Waals surface area contributed by atoms with Gasteiger partial charge in [0.1, 0.15) is 5.82 Å². The normalized spacial score (nSPS) is 42.5. The number of aromatic nitrogens is 3. The Labute approximate surface area is 124 Å². The van der Waals surface area contributed by atoms with E-state index < -0.39 is 0 Å². The lowest BCUT2D eigenvalue weighted by molar-refractivity contribution is -0.0114. The van der Waals surface area contributed by atoms with Gasteiger partial charge in [0, 0.05) is 17.7 Å². The molecule has 2 heterocycles. The molecule has 0 atom stereocenters. The van der Waals surface area contributed by atoms with Gasteiger partial charge in [-0.2, -0.15) is 0 Å². The summed E-state index contributed by atoms with van der Waals surface area (Å²) >= 11 is 1.92. The van der Waals surface area contributed by atoms with Crippen LogP contribution in [-0.4, -0.2) is 20.5 Å². The number of hydrogen-bond donors (Lipinski definition) is 0. The van der Waals surface area contributed by atoms with Crippen LogP contribution in [0.2, 0.25) is 0 Å². The second kappa shape index (κ2) is 4.25. The molecule has 20 heavy (non-hydrogen) atoms. The van der Waals surface area contributed by atoms with Crippen LogP contribution >= 0.6 is 11.8 Å². The van der Waals surface area contributed by atoms with Crippen LogP contribution in [0.4, 0.5) is 0 Å². The largest absolute Gasteiger partial charge is 0.306 e. The van der Waals surface area contributed by atoms with Crippen molar-refractivity contribution in [1.29, 1.82) is 0 Å². The molecule has 0 spiro atoms. The Balaban J connectivity index is 1.58. The molecule has 0 N–H and O–H groups in total. The van der Waals surface area contributed by atoms with Crippen molar-refractivity contribution in [1.82, 2.24) is 14.8 Å². The summed E-state index contributed by atoms with van der Waals surface area (Å²) < 4.78 is 2.50. The van der Waals surface area contributed by atoms with Gasteiger partial charge in [0.25, 0.3) is 0 Å². The van der Waals surface area contributed by atoms with E-state index in [4.69, 9.17) is 5.10 Å². The van der Waals surface area contributed by atoms with Gasteiger partial charge in [-0.1, -0.05) is 11.8 Å². The molecule has 108 valence electrons. The van der Waals surface area contributed by atoms with Crippen molar-refractivity contribution in [3.8, 4) is 0 Å². The SMILES string of the molecule is C1CCn2c(nnc2C23CC4CC(CC(C4)C2)C3)SC1. The van der Waals surface area contributed by atoms with Gasteiger partial charge in [0.15, 0.2) is 5.16 Å². The fourth-order valence-corrected chi connectivity index (χ4v) is 6.87. The van der Waals surface area contributed by atoms with Crippen LogP contribution in [0.3, 0.4) is 0 Å². The predicted octanol–water partition coefficient (Wildman–Crippen LogP) is 3.63. The maximum Gasteiger partial charge on any atom is 0.191 e. The van der Waals surface area contributed by atoms with E-state index in [1.54, 1.807) is 0 Å². The molecule has 4 bridgehead atoms. The van der Waals surface area contributed by atoms with E-state index in [0.717, 1.165) is 24.3 Å². The van der Waals surface area contributed by atoms with Gasteiger partial charge in [-0.3, -0.25) is 0 Å². The highest BCUT2D eigenvalue weighted by Gasteiger charge is 2.54. The highest BCUT2D eigenvalue weighted by molar-refractivity contribution is 7.99. The molecule has 6 rings (SSSR count). The first kappa shape index (κ1) is 12.1. The first-order valence-electron chi connectivity index (χ1n) is 8.39. The molecule has 1 aromatic heterocycles. The van der Waals surface area contributed by atoms with Crippen LogP contribution in [0.1, 0.15) is 57.2 Å². The zero-order chi connectivity index (χ0) is 13.2. The zero-order valence-corrected chi connectivity index (χ0v) is 12.9. The molecule has 0 radical (unpaired) electrons. The summed E-state index contributed by atoms with van der Waals surface area (Å²) in [5.41, 5.74) is 0.408. The molecule has 0 amide bonds. The molecule has 0 saturated heterocycles. The number of fused-ring (bicyclic) bond motifs is 1. The van der Waals surface area contributed by atoms with E-state index in [1.807, 2.05) is 11.8 Å². The quantitative estimate of drug-likeness (QED) is 0.791. The van der Waals surface area contributed by atoms with Crippen LogP contribution in [0, 0.1) is 17.8 Å². The Bertz CT molecular complexity index is 501. The first-order chi connectivity index (χ1) is 9.82. The van der Waals surface area contributed by atoms with Crippen LogP contribution in [0.15, 0.2) is 5.16 Å². The molecule has 0 aromatic carbocycles. The summed E-state index contributed by atoms with van der Waals surface area (Å²) in [5, 5.41) is 10.5. The molecule has 0 unspecified atom stereocenters. The van der Waals surface area contributed by atoms with Crippen molar-refractivity contribution in [3.05, 3.63) is 5.82 Å².